The highest BCUT2D eigenvalue weighted by Gasteiger charge is 2.49. The van der Waals surface area contributed by atoms with E-state index in [9.17, 15) is 55.5 Å². The first-order valence-corrected chi connectivity index (χ1v) is 15.8. The topological polar surface area (TPSA) is 253 Å². The standard InChI is InChI=1S/C36H32O15/c37-13-25-30(44)32(46)33(47)36(51-25)50-24-12-21(43)26-20(42)11-22(14-1-5-16(38)6-2-14)48-35(26)28(24)29-31(45)27-19(41)9-18(40)10-23(27)49-34(29)15-3-7-17(39)8-4-15/h1-10,12,22,25,29-30,32-34,36-41,43-44,46-47H,11,13H2/t22-,25+,29-,30+,32-,33+,34-,36-/m0/s1. The number of rotatable bonds is 6. The molecular weight excluding hydrogens is 672 g/mol. The van der Waals surface area contributed by atoms with Gasteiger partial charge in [0.1, 0.15) is 93.7 Å². The van der Waals surface area contributed by atoms with Crippen molar-refractivity contribution in [1.82, 2.24) is 0 Å². The second kappa shape index (κ2) is 12.9. The summed E-state index contributed by atoms with van der Waals surface area (Å²) in [7, 11) is 0. The van der Waals surface area contributed by atoms with Gasteiger partial charge in [-0.15, -0.1) is 0 Å². The molecule has 4 aromatic rings. The SMILES string of the molecule is O=C1C[C@@H](c2ccc(O)cc2)Oc2c1c(O)cc(O[C@H]1O[C@H](CO)[C@@H](O)[C@H](O)[C@H]1O)c2[C@H]1C(=O)c2c(O)cc(O)cc2O[C@H]1c1ccc(O)cc1. The van der Waals surface area contributed by atoms with Crippen LogP contribution in [0.5, 0.6) is 46.0 Å². The zero-order valence-electron chi connectivity index (χ0n) is 26.4. The first kappa shape index (κ1) is 33.9. The Morgan fingerprint density at radius 3 is 1.98 bits per heavy atom. The zero-order chi connectivity index (χ0) is 36.3. The monoisotopic (exact) mass is 704 g/mol. The van der Waals surface area contributed by atoms with E-state index in [1.807, 2.05) is 0 Å². The molecular formula is C36H32O15. The van der Waals surface area contributed by atoms with Crippen LogP contribution in [0.2, 0.25) is 0 Å². The molecule has 0 saturated carbocycles. The van der Waals surface area contributed by atoms with Gasteiger partial charge in [0.15, 0.2) is 11.6 Å². The minimum atomic E-state index is -1.93. The molecule has 0 unspecified atom stereocenters. The molecule has 3 heterocycles. The van der Waals surface area contributed by atoms with Gasteiger partial charge in [0.05, 0.1) is 24.5 Å². The number of phenols is 5. The Morgan fingerprint density at radius 2 is 1.33 bits per heavy atom. The van der Waals surface area contributed by atoms with Crippen LogP contribution in [0, 0.1) is 0 Å². The van der Waals surface area contributed by atoms with Gasteiger partial charge in [0.2, 0.25) is 6.29 Å². The molecule has 0 aliphatic carbocycles. The van der Waals surface area contributed by atoms with Crippen LogP contribution in [-0.2, 0) is 4.74 Å². The van der Waals surface area contributed by atoms with E-state index in [1.54, 1.807) is 0 Å². The van der Waals surface area contributed by atoms with Gasteiger partial charge in [-0.25, -0.2) is 0 Å². The summed E-state index contributed by atoms with van der Waals surface area (Å²) in [4.78, 5) is 28.5. The first-order valence-electron chi connectivity index (χ1n) is 15.8. The van der Waals surface area contributed by atoms with Crippen LogP contribution >= 0.6 is 0 Å². The number of ether oxygens (including phenoxy) is 4. The predicted molar refractivity (Wildman–Crippen MR) is 171 cm³/mol. The number of ketones is 2. The molecule has 7 rings (SSSR count). The second-order valence-electron chi connectivity index (χ2n) is 12.5. The number of phenolic OH excluding ortho intramolecular Hbond substituents is 5. The number of hydrogen-bond acceptors (Lipinski definition) is 15. The Labute approximate surface area is 288 Å². The zero-order valence-corrected chi connectivity index (χ0v) is 26.4. The Bertz CT molecular complexity index is 1990. The largest absolute Gasteiger partial charge is 0.508 e. The third-order valence-corrected chi connectivity index (χ3v) is 9.21. The maximum absolute atomic E-state index is 14.7. The summed E-state index contributed by atoms with van der Waals surface area (Å²) < 4.78 is 24.3. The van der Waals surface area contributed by atoms with Gasteiger partial charge in [0, 0.05) is 18.2 Å². The smallest absolute Gasteiger partial charge is 0.229 e. The molecule has 4 aromatic carbocycles. The molecule has 15 nitrogen and oxygen atoms in total. The summed E-state index contributed by atoms with van der Waals surface area (Å²) in [6.07, 6.45) is -11.4. The lowest BCUT2D eigenvalue weighted by Gasteiger charge is -2.41. The van der Waals surface area contributed by atoms with Crippen molar-refractivity contribution in [3.05, 3.63) is 94.5 Å². The van der Waals surface area contributed by atoms with Crippen molar-refractivity contribution in [1.29, 1.82) is 0 Å². The Kier molecular flexibility index (Phi) is 8.61. The normalized spacial score (nSPS) is 27.1. The van der Waals surface area contributed by atoms with Crippen molar-refractivity contribution in [3.8, 4) is 46.0 Å². The summed E-state index contributed by atoms with van der Waals surface area (Å²) in [5, 5.41) is 93.8. The number of aromatic hydroxyl groups is 5. The summed E-state index contributed by atoms with van der Waals surface area (Å²) in [6, 6.07) is 14.4. The van der Waals surface area contributed by atoms with Gasteiger partial charge in [0.25, 0.3) is 0 Å². The number of Topliss-reactive ketones (excluding diaryl/α,β-unsaturated/α-hetero) is 2. The van der Waals surface area contributed by atoms with Crippen LogP contribution in [0.3, 0.4) is 0 Å². The molecule has 51 heavy (non-hydrogen) atoms. The third-order valence-electron chi connectivity index (χ3n) is 9.21. The predicted octanol–water partition coefficient (Wildman–Crippen LogP) is 2.20. The molecule has 3 aliphatic rings. The minimum Gasteiger partial charge on any atom is -0.508 e. The fraction of sp³-hybridized carbons (Fsp3) is 0.278. The highest BCUT2D eigenvalue weighted by atomic mass is 16.7. The maximum atomic E-state index is 14.7. The number of fused-ring (bicyclic) bond motifs is 2. The highest BCUT2D eigenvalue weighted by Crippen LogP contribution is 2.56. The van der Waals surface area contributed by atoms with E-state index >= 15 is 0 Å². The first-order chi connectivity index (χ1) is 24.4. The van der Waals surface area contributed by atoms with E-state index in [0.29, 0.717) is 5.56 Å². The molecule has 1 saturated heterocycles. The van der Waals surface area contributed by atoms with Crippen LogP contribution in [0.4, 0.5) is 0 Å². The van der Waals surface area contributed by atoms with Crippen LogP contribution in [0.25, 0.3) is 0 Å². The fourth-order valence-electron chi connectivity index (χ4n) is 6.67. The number of carbonyl (C=O) groups excluding carboxylic acids is 2. The Balaban J connectivity index is 1.47. The lowest BCUT2D eigenvalue weighted by molar-refractivity contribution is -0.277. The molecule has 0 radical (unpaired) electrons. The molecule has 0 spiro atoms. The molecule has 0 bridgehead atoms. The maximum Gasteiger partial charge on any atom is 0.229 e. The summed E-state index contributed by atoms with van der Waals surface area (Å²) in [5.74, 6) is -5.85. The number of benzene rings is 4. The van der Waals surface area contributed by atoms with E-state index in [0.717, 1.165) is 18.2 Å². The van der Waals surface area contributed by atoms with Gasteiger partial charge in [-0.1, -0.05) is 24.3 Å². The van der Waals surface area contributed by atoms with Crippen molar-refractivity contribution < 1.29 is 74.5 Å². The Hall–Kier alpha value is -5.58. The highest BCUT2D eigenvalue weighted by molar-refractivity contribution is 6.09. The van der Waals surface area contributed by atoms with Crippen LogP contribution in [-0.4, -0.2) is 94.8 Å². The van der Waals surface area contributed by atoms with Gasteiger partial charge in [-0.3, -0.25) is 9.59 Å². The molecule has 15 heteroatoms. The quantitative estimate of drug-likeness (QED) is 0.139. The van der Waals surface area contributed by atoms with Gasteiger partial charge >= 0.3 is 0 Å². The molecule has 266 valence electrons. The van der Waals surface area contributed by atoms with E-state index < -0.39 is 90.0 Å². The van der Waals surface area contributed by atoms with Crippen molar-refractivity contribution in [3.63, 3.8) is 0 Å². The second-order valence-corrected chi connectivity index (χ2v) is 12.5. The van der Waals surface area contributed by atoms with Gasteiger partial charge in [-0.2, -0.15) is 0 Å². The number of aliphatic hydroxyl groups excluding tert-OH is 4. The fourth-order valence-corrected chi connectivity index (χ4v) is 6.67. The third kappa shape index (κ3) is 5.90. The molecule has 0 amide bonds. The summed E-state index contributed by atoms with van der Waals surface area (Å²) in [6.45, 7) is -0.792. The van der Waals surface area contributed by atoms with E-state index in [4.69, 9.17) is 18.9 Å². The minimum absolute atomic E-state index is 0.0546. The average Bonchev–Trinajstić information content (AvgIpc) is 3.09. The molecule has 0 aromatic heterocycles. The van der Waals surface area contributed by atoms with Crippen molar-refractivity contribution in [2.45, 2.75) is 55.3 Å². The summed E-state index contributed by atoms with van der Waals surface area (Å²) >= 11 is 0. The molecule has 8 atom stereocenters. The van der Waals surface area contributed by atoms with Gasteiger partial charge < -0.3 is 64.9 Å². The molecule has 9 N–H and O–H groups in total. The van der Waals surface area contributed by atoms with Crippen LogP contribution in [0.15, 0.2) is 66.7 Å². The van der Waals surface area contributed by atoms with E-state index in [2.05, 4.69) is 0 Å². The van der Waals surface area contributed by atoms with E-state index in [1.165, 1.54) is 48.5 Å². The van der Waals surface area contributed by atoms with Crippen LogP contribution < -0.4 is 14.2 Å². The van der Waals surface area contributed by atoms with E-state index in [-0.39, 0.29) is 51.7 Å². The molecule has 1 fully saturated rings. The van der Waals surface area contributed by atoms with Gasteiger partial charge in [-0.05, 0) is 35.4 Å². The van der Waals surface area contributed by atoms with Crippen molar-refractivity contribution in [2.24, 2.45) is 0 Å². The van der Waals surface area contributed by atoms with Crippen LogP contribution in [0.1, 0.15) is 62.0 Å². The molecule has 3 aliphatic heterocycles. The Morgan fingerprint density at radius 1 is 0.706 bits per heavy atom. The number of aliphatic hydroxyl groups is 4. The number of carbonyl (C=O) groups is 2. The van der Waals surface area contributed by atoms with Crippen molar-refractivity contribution >= 4 is 11.6 Å². The summed E-state index contributed by atoms with van der Waals surface area (Å²) in [5.41, 5.74) is -0.183. The lowest BCUT2D eigenvalue weighted by atomic mass is 9.78. The van der Waals surface area contributed by atoms with Crippen molar-refractivity contribution in [2.75, 3.05) is 6.61 Å². The number of hydrogen-bond donors (Lipinski definition) is 9. The lowest BCUT2D eigenvalue weighted by Crippen LogP contribution is -2.60. The average molecular weight is 705 g/mol.